The maximum absolute atomic E-state index is 12.5. The maximum Gasteiger partial charge on any atom is 0.245 e. The van der Waals surface area contributed by atoms with Crippen LogP contribution in [0, 0.1) is 6.92 Å². The molecule has 7 nitrogen and oxygen atoms in total. The van der Waals surface area contributed by atoms with Crippen molar-refractivity contribution in [2.45, 2.75) is 24.8 Å². The van der Waals surface area contributed by atoms with Gasteiger partial charge >= 0.3 is 0 Å². The fourth-order valence-electron chi connectivity index (χ4n) is 2.61. The molecule has 0 spiro atoms. The van der Waals surface area contributed by atoms with E-state index in [1.165, 1.54) is 4.68 Å². The molecule has 1 aromatic heterocycles. The number of hydrogen-bond donors (Lipinski definition) is 1. The van der Waals surface area contributed by atoms with Crippen molar-refractivity contribution in [3.63, 3.8) is 0 Å². The van der Waals surface area contributed by atoms with Crippen LogP contribution in [0.4, 0.5) is 0 Å². The van der Waals surface area contributed by atoms with Gasteiger partial charge in [-0.25, -0.2) is 13.1 Å². The summed E-state index contributed by atoms with van der Waals surface area (Å²) in [6.07, 6.45) is 0. The summed E-state index contributed by atoms with van der Waals surface area (Å²) < 4.78 is 28.9. The van der Waals surface area contributed by atoms with Crippen LogP contribution in [0.1, 0.15) is 12.6 Å². The van der Waals surface area contributed by atoms with E-state index in [1.54, 1.807) is 14.0 Å². The number of rotatable bonds is 5. The van der Waals surface area contributed by atoms with E-state index in [0.717, 1.165) is 26.2 Å². The molecule has 1 N–H and O–H groups in total. The Morgan fingerprint density at radius 1 is 1.27 bits per heavy atom. The SMILES string of the molecule is Cc1nn(C)c(Cl)c1S(=O)(=O)NC[C@H](C)N1CCN(C)CC1. The minimum Gasteiger partial charge on any atom is -0.304 e. The van der Waals surface area contributed by atoms with E-state index in [2.05, 4.69) is 26.7 Å². The molecule has 1 aromatic rings. The molecule has 0 unspecified atom stereocenters. The third-order valence-corrected chi connectivity index (χ3v) is 6.22. The summed E-state index contributed by atoms with van der Waals surface area (Å²) in [6, 6.07) is 0.138. The molecule has 0 amide bonds. The first-order valence-corrected chi connectivity index (χ1v) is 9.20. The maximum atomic E-state index is 12.5. The largest absolute Gasteiger partial charge is 0.304 e. The number of hydrogen-bond acceptors (Lipinski definition) is 5. The summed E-state index contributed by atoms with van der Waals surface area (Å²) in [4.78, 5) is 4.63. The van der Waals surface area contributed by atoms with Crippen LogP contribution in [-0.4, -0.2) is 73.8 Å². The van der Waals surface area contributed by atoms with Crippen molar-refractivity contribution in [3.8, 4) is 0 Å². The quantitative estimate of drug-likeness (QED) is 0.827. The van der Waals surface area contributed by atoms with E-state index in [9.17, 15) is 8.42 Å². The van der Waals surface area contributed by atoms with Crippen LogP contribution < -0.4 is 4.72 Å². The predicted octanol–water partition coefficient (Wildman–Crippen LogP) is 0.296. The lowest BCUT2D eigenvalue weighted by atomic mass is 10.2. The Hall–Kier alpha value is -0.670. The predicted molar refractivity (Wildman–Crippen MR) is 86.7 cm³/mol. The van der Waals surface area contributed by atoms with Crippen LogP contribution in [0.5, 0.6) is 0 Å². The highest BCUT2D eigenvalue weighted by atomic mass is 35.5. The summed E-state index contributed by atoms with van der Waals surface area (Å²) in [6.45, 7) is 7.94. The summed E-state index contributed by atoms with van der Waals surface area (Å²) in [5.74, 6) is 0. The lowest BCUT2D eigenvalue weighted by Crippen LogP contribution is -2.51. The van der Waals surface area contributed by atoms with E-state index < -0.39 is 10.0 Å². The average molecular weight is 350 g/mol. The van der Waals surface area contributed by atoms with Gasteiger partial charge < -0.3 is 4.90 Å². The van der Waals surface area contributed by atoms with E-state index in [0.29, 0.717) is 12.2 Å². The molecule has 126 valence electrons. The van der Waals surface area contributed by atoms with Crippen LogP contribution in [0.25, 0.3) is 0 Å². The highest BCUT2D eigenvalue weighted by Crippen LogP contribution is 2.23. The van der Waals surface area contributed by atoms with Crippen LogP contribution in [0.3, 0.4) is 0 Å². The molecule has 0 aliphatic carbocycles. The van der Waals surface area contributed by atoms with Gasteiger partial charge in [-0.3, -0.25) is 9.58 Å². The van der Waals surface area contributed by atoms with Crippen LogP contribution in [-0.2, 0) is 17.1 Å². The number of nitrogens with zero attached hydrogens (tertiary/aromatic N) is 4. The zero-order valence-corrected chi connectivity index (χ0v) is 15.1. The Morgan fingerprint density at radius 3 is 2.36 bits per heavy atom. The third-order valence-electron chi connectivity index (χ3n) is 4.10. The van der Waals surface area contributed by atoms with Crippen LogP contribution >= 0.6 is 11.6 Å². The highest BCUT2D eigenvalue weighted by Gasteiger charge is 2.26. The number of aryl methyl sites for hydroxylation is 2. The zero-order valence-electron chi connectivity index (χ0n) is 13.5. The van der Waals surface area contributed by atoms with Crippen LogP contribution in [0.15, 0.2) is 4.90 Å². The van der Waals surface area contributed by atoms with Gasteiger partial charge in [-0.05, 0) is 20.9 Å². The van der Waals surface area contributed by atoms with Gasteiger partial charge in [-0.15, -0.1) is 0 Å². The lowest BCUT2D eigenvalue weighted by molar-refractivity contribution is 0.120. The summed E-state index contributed by atoms with van der Waals surface area (Å²) >= 11 is 6.04. The number of likely N-dealkylation sites (N-methyl/N-ethyl adjacent to an activating group) is 1. The molecule has 1 aliphatic heterocycles. The molecule has 0 aromatic carbocycles. The van der Waals surface area contributed by atoms with Gasteiger partial charge in [-0.2, -0.15) is 5.10 Å². The van der Waals surface area contributed by atoms with E-state index in [1.807, 2.05) is 6.92 Å². The first-order valence-electron chi connectivity index (χ1n) is 7.33. The van der Waals surface area contributed by atoms with Gasteiger partial charge in [0.05, 0.1) is 5.69 Å². The Kier molecular flexibility index (Phi) is 5.50. The second-order valence-corrected chi connectivity index (χ2v) is 7.93. The first-order chi connectivity index (χ1) is 10.2. The summed E-state index contributed by atoms with van der Waals surface area (Å²) in [5, 5.41) is 4.19. The first kappa shape index (κ1) is 17.7. The summed E-state index contributed by atoms with van der Waals surface area (Å²) in [5.41, 5.74) is 0.409. The Bertz CT molecular complexity index is 623. The fourth-order valence-corrected chi connectivity index (χ4v) is 4.48. The molecule has 1 saturated heterocycles. The zero-order chi connectivity index (χ0) is 16.5. The van der Waals surface area contributed by atoms with E-state index in [-0.39, 0.29) is 16.1 Å². The Balaban J connectivity index is 2.01. The van der Waals surface area contributed by atoms with Crippen molar-refractivity contribution in [2.24, 2.45) is 7.05 Å². The topological polar surface area (TPSA) is 70.5 Å². The number of piperazine rings is 1. The second kappa shape index (κ2) is 6.84. The fraction of sp³-hybridized carbons (Fsp3) is 0.769. The molecule has 2 heterocycles. The third kappa shape index (κ3) is 3.80. The summed E-state index contributed by atoms with van der Waals surface area (Å²) in [7, 11) is 0.0737. The molecular weight excluding hydrogens is 326 g/mol. The van der Waals surface area contributed by atoms with Gasteiger partial charge in [0.25, 0.3) is 0 Å². The van der Waals surface area contributed by atoms with Crippen molar-refractivity contribution < 1.29 is 8.42 Å². The van der Waals surface area contributed by atoms with Crippen LogP contribution in [0.2, 0.25) is 5.15 Å². The molecule has 1 fully saturated rings. The van der Waals surface area contributed by atoms with Crippen molar-refractivity contribution in [3.05, 3.63) is 10.8 Å². The molecule has 1 aliphatic rings. The van der Waals surface area contributed by atoms with Gasteiger partial charge in [0.1, 0.15) is 10.0 Å². The number of sulfonamides is 1. The van der Waals surface area contributed by atoms with E-state index >= 15 is 0 Å². The van der Waals surface area contributed by atoms with Gasteiger partial charge in [0, 0.05) is 45.8 Å². The van der Waals surface area contributed by atoms with Crippen molar-refractivity contribution in [1.82, 2.24) is 24.3 Å². The number of nitrogens with one attached hydrogen (secondary N) is 1. The molecule has 2 rings (SSSR count). The van der Waals surface area contributed by atoms with Crippen molar-refractivity contribution >= 4 is 21.6 Å². The number of aromatic nitrogens is 2. The molecular formula is C13H24ClN5O2S. The molecule has 1 atom stereocenters. The van der Waals surface area contributed by atoms with Gasteiger partial charge in [-0.1, -0.05) is 11.6 Å². The van der Waals surface area contributed by atoms with E-state index in [4.69, 9.17) is 11.6 Å². The average Bonchev–Trinajstić information content (AvgIpc) is 2.71. The molecule has 0 radical (unpaired) electrons. The second-order valence-electron chi connectivity index (χ2n) is 5.87. The van der Waals surface area contributed by atoms with Crippen molar-refractivity contribution in [2.75, 3.05) is 39.8 Å². The van der Waals surface area contributed by atoms with Crippen molar-refractivity contribution in [1.29, 1.82) is 0 Å². The smallest absolute Gasteiger partial charge is 0.245 e. The highest BCUT2D eigenvalue weighted by molar-refractivity contribution is 7.89. The normalized spacial score (nSPS) is 19.5. The number of halogens is 1. The Morgan fingerprint density at radius 2 is 1.86 bits per heavy atom. The standard InChI is InChI=1S/C13H24ClN5O2S/c1-10(19-7-5-17(3)6-8-19)9-15-22(20,21)12-11(2)16-18(4)13(12)14/h10,15H,5-9H2,1-4H3/t10-/m0/s1. The minimum absolute atomic E-state index is 0.0715. The molecule has 9 heteroatoms. The lowest BCUT2D eigenvalue weighted by Gasteiger charge is -2.36. The Labute approximate surface area is 137 Å². The molecule has 0 bridgehead atoms. The minimum atomic E-state index is -3.65. The van der Waals surface area contributed by atoms with Gasteiger partial charge in [0.15, 0.2) is 0 Å². The molecule has 22 heavy (non-hydrogen) atoms. The molecule has 0 saturated carbocycles. The van der Waals surface area contributed by atoms with Gasteiger partial charge in [0.2, 0.25) is 10.0 Å². The monoisotopic (exact) mass is 349 g/mol.